The van der Waals surface area contributed by atoms with Crippen molar-refractivity contribution in [2.45, 2.75) is 19.4 Å². The molecule has 0 spiro atoms. The van der Waals surface area contributed by atoms with Gasteiger partial charge >= 0.3 is 0 Å². The van der Waals surface area contributed by atoms with E-state index in [4.69, 9.17) is 11.5 Å². The summed E-state index contributed by atoms with van der Waals surface area (Å²) in [5.74, 6) is 3.34. The summed E-state index contributed by atoms with van der Waals surface area (Å²) >= 11 is 1.95. The van der Waals surface area contributed by atoms with Gasteiger partial charge in [-0.15, -0.1) is 24.0 Å². The molecule has 1 atom stereocenters. The molecule has 144 valence electrons. The maximum Gasteiger partial charge on any atom is 0.222 e. The first-order valence-corrected chi connectivity index (χ1v) is 9.91. The van der Waals surface area contributed by atoms with Gasteiger partial charge in [-0.05, 0) is 18.9 Å². The molecule has 1 aromatic heterocycles. The van der Waals surface area contributed by atoms with Gasteiger partial charge in [0.2, 0.25) is 5.91 Å². The molecular formula is C17H27IN6OS. The van der Waals surface area contributed by atoms with Gasteiger partial charge in [-0.2, -0.15) is 11.8 Å². The highest BCUT2D eigenvalue weighted by molar-refractivity contribution is 14.0. The van der Waals surface area contributed by atoms with Crippen molar-refractivity contribution >= 4 is 53.4 Å². The summed E-state index contributed by atoms with van der Waals surface area (Å²) in [6, 6.07) is 3.94. The Balaban J connectivity index is 0.00000243. The molecule has 2 aliphatic heterocycles. The lowest BCUT2D eigenvalue weighted by atomic mass is 9.97. The van der Waals surface area contributed by atoms with Crippen molar-refractivity contribution in [1.29, 1.82) is 0 Å². The highest BCUT2D eigenvalue weighted by atomic mass is 127. The summed E-state index contributed by atoms with van der Waals surface area (Å²) < 4.78 is 0. The quantitative estimate of drug-likeness (QED) is 0.375. The zero-order valence-electron chi connectivity index (χ0n) is 14.8. The third-order valence-corrected chi connectivity index (χ3v) is 5.68. The third kappa shape index (κ3) is 5.38. The summed E-state index contributed by atoms with van der Waals surface area (Å²) in [5.41, 5.74) is 12.7. The minimum atomic E-state index is -0.229. The molecule has 0 aromatic carbocycles. The fourth-order valence-corrected chi connectivity index (χ4v) is 4.20. The number of amides is 1. The van der Waals surface area contributed by atoms with E-state index in [1.165, 1.54) is 0 Å². The number of thioether (sulfide) groups is 1. The highest BCUT2D eigenvalue weighted by Gasteiger charge is 2.26. The number of aromatic nitrogens is 1. The average Bonchev–Trinajstić information content (AvgIpc) is 2.67. The zero-order valence-corrected chi connectivity index (χ0v) is 18.0. The average molecular weight is 490 g/mol. The molecule has 2 fully saturated rings. The minimum absolute atomic E-state index is 0. The van der Waals surface area contributed by atoms with Crippen molar-refractivity contribution in [1.82, 2.24) is 9.88 Å². The molecule has 3 rings (SSSR count). The lowest BCUT2D eigenvalue weighted by Crippen LogP contribution is -2.43. The van der Waals surface area contributed by atoms with E-state index in [1.807, 2.05) is 23.9 Å². The molecule has 1 unspecified atom stereocenters. The van der Waals surface area contributed by atoms with E-state index in [0.29, 0.717) is 19.0 Å². The van der Waals surface area contributed by atoms with E-state index in [0.717, 1.165) is 55.4 Å². The molecular weight excluding hydrogens is 463 g/mol. The number of carbonyl (C=O) groups is 1. The molecule has 2 aliphatic rings. The van der Waals surface area contributed by atoms with Gasteiger partial charge in [-0.3, -0.25) is 4.79 Å². The lowest BCUT2D eigenvalue weighted by molar-refractivity contribution is -0.122. The van der Waals surface area contributed by atoms with E-state index >= 15 is 0 Å². The number of primary amides is 1. The van der Waals surface area contributed by atoms with Gasteiger partial charge in [-0.25, -0.2) is 9.98 Å². The Morgan fingerprint density at radius 1 is 1.31 bits per heavy atom. The van der Waals surface area contributed by atoms with Crippen molar-refractivity contribution in [3.05, 3.63) is 23.9 Å². The second-order valence-corrected chi connectivity index (χ2v) is 7.67. The van der Waals surface area contributed by atoms with Crippen LogP contribution in [0.5, 0.6) is 0 Å². The fraction of sp³-hybridized carbons (Fsp3) is 0.588. The van der Waals surface area contributed by atoms with Gasteiger partial charge in [0, 0.05) is 49.4 Å². The lowest BCUT2D eigenvalue weighted by Gasteiger charge is -2.33. The second-order valence-electron chi connectivity index (χ2n) is 6.45. The standard InChI is InChI=1S/C17H26N6OS.HI/c18-15(24)14-4-2-6-23(12-14)16-13(3-1-5-20-16)11-21-17(19)22-7-9-25-10-8-22;/h1,3,5,14H,2,4,6-12H2,(H2,18,24)(H2,19,21);1H. The number of piperidine rings is 1. The molecule has 0 saturated carbocycles. The van der Waals surface area contributed by atoms with Crippen molar-refractivity contribution in [2.24, 2.45) is 22.4 Å². The minimum Gasteiger partial charge on any atom is -0.370 e. The summed E-state index contributed by atoms with van der Waals surface area (Å²) in [4.78, 5) is 24.9. The van der Waals surface area contributed by atoms with Gasteiger partial charge in [0.15, 0.2) is 5.96 Å². The Bertz CT molecular complexity index is 637. The van der Waals surface area contributed by atoms with Crippen LogP contribution >= 0.6 is 35.7 Å². The molecule has 7 nitrogen and oxygen atoms in total. The smallest absolute Gasteiger partial charge is 0.222 e. The summed E-state index contributed by atoms with van der Waals surface area (Å²) in [5, 5.41) is 0. The van der Waals surface area contributed by atoms with Crippen LogP contribution < -0.4 is 16.4 Å². The molecule has 4 N–H and O–H groups in total. The molecule has 2 saturated heterocycles. The van der Waals surface area contributed by atoms with E-state index in [1.54, 1.807) is 6.20 Å². The van der Waals surface area contributed by atoms with Crippen LogP contribution in [0, 0.1) is 5.92 Å². The van der Waals surface area contributed by atoms with Crippen molar-refractivity contribution in [2.75, 3.05) is 42.6 Å². The summed E-state index contributed by atoms with van der Waals surface area (Å²) in [7, 11) is 0. The highest BCUT2D eigenvalue weighted by Crippen LogP contribution is 2.25. The summed E-state index contributed by atoms with van der Waals surface area (Å²) in [6.45, 7) is 3.91. The van der Waals surface area contributed by atoms with Crippen molar-refractivity contribution in [3.63, 3.8) is 0 Å². The Morgan fingerprint density at radius 3 is 2.81 bits per heavy atom. The number of hydrogen-bond donors (Lipinski definition) is 2. The van der Waals surface area contributed by atoms with Gasteiger partial charge in [0.05, 0.1) is 12.5 Å². The van der Waals surface area contributed by atoms with Gasteiger partial charge in [0.1, 0.15) is 5.82 Å². The number of carbonyl (C=O) groups excluding carboxylic acids is 1. The number of nitrogens with two attached hydrogens (primary N) is 2. The first kappa shape index (κ1) is 21.1. The predicted molar refractivity (Wildman–Crippen MR) is 118 cm³/mol. The molecule has 0 bridgehead atoms. The Morgan fingerprint density at radius 2 is 2.08 bits per heavy atom. The third-order valence-electron chi connectivity index (χ3n) is 4.74. The molecule has 1 amide bonds. The predicted octanol–water partition coefficient (Wildman–Crippen LogP) is 1.26. The van der Waals surface area contributed by atoms with Crippen LogP contribution in [0.4, 0.5) is 5.82 Å². The fourth-order valence-electron chi connectivity index (χ4n) is 3.30. The molecule has 1 aromatic rings. The van der Waals surface area contributed by atoms with Crippen LogP contribution in [-0.2, 0) is 11.3 Å². The van der Waals surface area contributed by atoms with Crippen LogP contribution in [0.25, 0.3) is 0 Å². The first-order valence-electron chi connectivity index (χ1n) is 8.76. The van der Waals surface area contributed by atoms with Crippen LogP contribution in [0.15, 0.2) is 23.3 Å². The van der Waals surface area contributed by atoms with Crippen molar-refractivity contribution < 1.29 is 4.79 Å². The number of guanidine groups is 1. The maximum atomic E-state index is 11.5. The van der Waals surface area contributed by atoms with E-state index in [2.05, 4.69) is 19.8 Å². The number of anilines is 1. The Kier molecular flexibility index (Phi) is 8.26. The van der Waals surface area contributed by atoms with Crippen LogP contribution in [0.2, 0.25) is 0 Å². The van der Waals surface area contributed by atoms with Crippen molar-refractivity contribution in [3.8, 4) is 0 Å². The first-order chi connectivity index (χ1) is 12.1. The number of rotatable bonds is 4. The molecule has 0 radical (unpaired) electrons. The Hall–Kier alpha value is -1.23. The van der Waals surface area contributed by atoms with E-state index < -0.39 is 0 Å². The monoisotopic (exact) mass is 490 g/mol. The number of aliphatic imine (C=N–C) groups is 1. The van der Waals surface area contributed by atoms with Gasteiger partial charge < -0.3 is 21.3 Å². The van der Waals surface area contributed by atoms with E-state index in [9.17, 15) is 4.79 Å². The largest absolute Gasteiger partial charge is 0.370 e. The normalized spacial score (nSPS) is 21.2. The second kappa shape index (κ2) is 10.2. The van der Waals surface area contributed by atoms with Gasteiger partial charge in [0.25, 0.3) is 0 Å². The van der Waals surface area contributed by atoms with Crippen LogP contribution in [-0.4, -0.2) is 59.4 Å². The van der Waals surface area contributed by atoms with Gasteiger partial charge in [-0.1, -0.05) is 6.07 Å². The zero-order chi connectivity index (χ0) is 17.6. The topological polar surface area (TPSA) is 101 Å². The van der Waals surface area contributed by atoms with E-state index in [-0.39, 0.29) is 35.8 Å². The molecule has 9 heteroatoms. The molecule has 26 heavy (non-hydrogen) atoms. The summed E-state index contributed by atoms with van der Waals surface area (Å²) in [6.07, 6.45) is 3.58. The SMILES string of the molecule is I.NC(=O)C1CCCN(c2ncccc2CN=C(N)N2CCSCC2)C1. The number of hydrogen-bond acceptors (Lipinski definition) is 5. The number of pyridine rings is 1. The van der Waals surface area contributed by atoms with Crippen LogP contribution in [0.3, 0.4) is 0 Å². The maximum absolute atomic E-state index is 11.5. The number of nitrogens with zero attached hydrogens (tertiary/aromatic N) is 4. The van der Waals surface area contributed by atoms with Crippen LogP contribution in [0.1, 0.15) is 18.4 Å². The number of halogens is 1. The molecule has 3 heterocycles. The Labute approximate surface area is 176 Å². The molecule has 0 aliphatic carbocycles.